The van der Waals surface area contributed by atoms with Crippen LogP contribution in [0.25, 0.3) is 11.2 Å². The van der Waals surface area contributed by atoms with Crippen molar-refractivity contribution in [1.82, 2.24) is 19.9 Å². The van der Waals surface area contributed by atoms with Gasteiger partial charge >= 0.3 is 5.51 Å². The van der Waals surface area contributed by atoms with E-state index < -0.39 is 31.8 Å². The van der Waals surface area contributed by atoms with Crippen LogP contribution >= 0.6 is 0 Å². The number of aromatic nitrogens is 4. The second-order valence-electron chi connectivity index (χ2n) is 6.22. The molecule has 11 heteroatoms. The fourth-order valence-corrected chi connectivity index (χ4v) is 5.31. The van der Waals surface area contributed by atoms with Crippen LogP contribution in [0.1, 0.15) is 17.8 Å². The molecule has 0 amide bonds. The molecule has 1 saturated carbocycles. The largest absolute Gasteiger partial charge is 0.480 e. The van der Waals surface area contributed by atoms with E-state index in [9.17, 15) is 22.6 Å². The van der Waals surface area contributed by atoms with Crippen LogP contribution in [0.15, 0.2) is 42.9 Å². The Morgan fingerprint density at radius 2 is 2.04 bits per heavy atom. The summed E-state index contributed by atoms with van der Waals surface area (Å²) in [5.74, 6) is -0.334. The number of aromatic amines is 1. The predicted octanol–water partition coefficient (Wildman–Crippen LogP) is 2.98. The summed E-state index contributed by atoms with van der Waals surface area (Å²) in [6.07, 6.45) is 3.60. The lowest BCUT2D eigenvalue weighted by molar-refractivity contribution is -0.0420. The van der Waals surface area contributed by atoms with Crippen LogP contribution < -0.4 is 0 Å². The molecule has 0 aliphatic heterocycles. The number of nitriles is 1. The maximum atomic E-state index is 13.7. The Kier molecular flexibility index (Phi) is 3.39. The van der Waals surface area contributed by atoms with Crippen LogP contribution in [0.2, 0.25) is 0 Å². The first kappa shape index (κ1) is 17.4. The summed E-state index contributed by atoms with van der Waals surface area (Å²) in [5.41, 5.74) is -6.59. The first-order valence-electron chi connectivity index (χ1n) is 7.67. The van der Waals surface area contributed by atoms with E-state index >= 15 is 0 Å². The topological polar surface area (TPSA) is 119 Å². The number of nitrogens with one attached hydrogen (secondary N) is 2. The van der Waals surface area contributed by atoms with Crippen LogP contribution in [-0.4, -0.2) is 29.7 Å². The van der Waals surface area contributed by atoms with Crippen molar-refractivity contribution >= 4 is 20.9 Å². The van der Waals surface area contributed by atoms with Crippen LogP contribution in [0.3, 0.4) is 0 Å². The van der Waals surface area contributed by atoms with E-state index in [-0.39, 0.29) is 17.0 Å². The number of nitrogens with zero attached hydrogens (tertiary/aromatic N) is 4. The van der Waals surface area contributed by atoms with Crippen LogP contribution in [0, 0.1) is 16.1 Å². The molecule has 0 radical (unpaired) electrons. The average molecular weight is 392 g/mol. The molecule has 3 atom stereocenters. The fraction of sp³-hybridized carbons (Fsp3) is 0.250. The number of imidazole rings is 1. The number of pyridine rings is 2. The number of hydrogen-bond donors (Lipinski definition) is 2. The Bertz CT molecular complexity index is 1150. The molecule has 1 aliphatic carbocycles. The van der Waals surface area contributed by atoms with Gasteiger partial charge in [-0.2, -0.15) is 18.4 Å². The Labute approximate surface area is 151 Å². The SMILES string of the molecule is N#CC1(c2cccnc2)CC1(c1nc2ncccc2[nH]1)S(=N)(=O)C(F)(F)F. The third-order valence-corrected chi connectivity index (χ3v) is 7.20. The van der Waals surface area contributed by atoms with Crippen molar-refractivity contribution in [3.63, 3.8) is 0 Å². The van der Waals surface area contributed by atoms with Gasteiger partial charge in [0.2, 0.25) is 0 Å². The maximum Gasteiger partial charge on any atom is 0.480 e. The van der Waals surface area contributed by atoms with E-state index in [1.807, 2.05) is 6.07 Å². The van der Waals surface area contributed by atoms with Gasteiger partial charge in [-0.05, 0) is 30.2 Å². The number of halogens is 3. The van der Waals surface area contributed by atoms with Gasteiger partial charge in [0, 0.05) is 18.6 Å². The molecule has 3 aromatic heterocycles. The molecule has 3 aromatic rings. The summed E-state index contributed by atoms with van der Waals surface area (Å²) in [6, 6.07) is 7.87. The van der Waals surface area contributed by atoms with E-state index in [1.165, 1.54) is 30.7 Å². The molecule has 138 valence electrons. The standard InChI is InChI=1S/C16H11F3N6OS/c17-16(18,19)27(21,26)15(13-24-11-4-2-6-23-12(11)25-13)8-14(15,9-20)10-3-1-5-22-7-10/h1-7,21H,8H2,(H,23,24,25). The average Bonchev–Trinajstić information content (AvgIpc) is 3.18. The molecule has 2 N–H and O–H groups in total. The van der Waals surface area contributed by atoms with Crippen LogP contribution in [-0.2, 0) is 19.9 Å². The van der Waals surface area contributed by atoms with Gasteiger partial charge in [-0.3, -0.25) is 4.98 Å². The molecule has 3 heterocycles. The lowest BCUT2D eigenvalue weighted by Gasteiger charge is -2.23. The van der Waals surface area contributed by atoms with Crippen molar-refractivity contribution in [2.24, 2.45) is 0 Å². The summed E-state index contributed by atoms with van der Waals surface area (Å²) >= 11 is 0. The monoisotopic (exact) mass is 392 g/mol. The van der Waals surface area contributed by atoms with Gasteiger partial charge in [0.05, 0.1) is 11.6 Å². The van der Waals surface area contributed by atoms with Crippen molar-refractivity contribution in [2.45, 2.75) is 22.1 Å². The fourth-order valence-electron chi connectivity index (χ4n) is 3.48. The number of hydrogen-bond acceptors (Lipinski definition) is 6. The third-order valence-electron chi connectivity index (χ3n) is 4.88. The first-order chi connectivity index (χ1) is 12.7. The zero-order valence-electron chi connectivity index (χ0n) is 13.5. The minimum absolute atomic E-state index is 0.120. The Morgan fingerprint density at radius 1 is 1.30 bits per heavy atom. The second kappa shape index (κ2) is 5.26. The Morgan fingerprint density at radius 3 is 2.63 bits per heavy atom. The molecule has 1 fully saturated rings. The zero-order chi connectivity index (χ0) is 19.5. The molecule has 0 saturated heterocycles. The highest BCUT2D eigenvalue weighted by molar-refractivity contribution is 7.94. The molecule has 1 aliphatic rings. The van der Waals surface area contributed by atoms with Crippen molar-refractivity contribution in [3.05, 3.63) is 54.2 Å². The van der Waals surface area contributed by atoms with Gasteiger partial charge in [-0.15, -0.1) is 0 Å². The Hall–Kier alpha value is -3.00. The molecule has 4 rings (SSSR count). The Balaban J connectivity index is 2.04. The van der Waals surface area contributed by atoms with E-state index in [1.54, 1.807) is 12.1 Å². The molecule has 0 bridgehead atoms. The highest BCUT2D eigenvalue weighted by atomic mass is 32.2. The summed E-state index contributed by atoms with van der Waals surface area (Å²) in [4.78, 5) is 14.6. The number of alkyl halides is 3. The van der Waals surface area contributed by atoms with Crippen molar-refractivity contribution in [2.75, 3.05) is 0 Å². The van der Waals surface area contributed by atoms with Crippen molar-refractivity contribution < 1.29 is 17.4 Å². The molecule has 27 heavy (non-hydrogen) atoms. The summed E-state index contributed by atoms with van der Waals surface area (Å²) in [6.45, 7) is 0. The number of H-pyrrole nitrogens is 1. The normalized spacial score (nSPS) is 27.0. The molecule has 7 nitrogen and oxygen atoms in total. The number of fused-ring (bicyclic) bond motifs is 1. The minimum atomic E-state index is -5.35. The third kappa shape index (κ3) is 2.07. The molecular weight excluding hydrogens is 381 g/mol. The molecular formula is C16H11F3N6OS. The lowest BCUT2D eigenvalue weighted by atomic mass is 9.96. The minimum Gasteiger partial charge on any atom is -0.339 e. The van der Waals surface area contributed by atoms with Crippen molar-refractivity contribution in [1.29, 1.82) is 10.0 Å². The quantitative estimate of drug-likeness (QED) is 0.710. The van der Waals surface area contributed by atoms with Gasteiger partial charge in [0.15, 0.2) is 15.4 Å². The van der Waals surface area contributed by atoms with Gasteiger partial charge < -0.3 is 4.98 Å². The van der Waals surface area contributed by atoms with E-state index in [0.717, 1.165) is 0 Å². The summed E-state index contributed by atoms with van der Waals surface area (Å²) < 4.78 is 59.2. The second-order valence-corrected chi connectivity index (χ2v) is 8.50. The highest BCUT2D eigenvalue weighted by Crippen LogP contribution is 2.70. The van der Waals surface area contributed by atoms with E-state index in [4.69, 9.17) is 4.78 Å². The maximum absolute atomic E-state index is 13.7. The first-order valence-corrected chi connectivity index (χ1v) is 9.23. The van der Waals surface area contributed by atoms with Crippen LogP contribution in [0.4, 0.5) is 13.2 Å². The van der Waals surface area contributed by atoms with E-state index in [2.05, 4.69) is 19.9 Å². The highest BCUT2D eigenvalue weighted by Gasteiger charge is 2.82. The molecule has 3 unspecified atom stereocenters. The zero-order valence-corrected chi connectivity index (χ0v) is 14.3. The lowest BCUT2D eigenvalue weighted by Crippen LogP contribution is -2.39. The van der Waals surface area contributed by atoms with Gasteiger partial charge in [-0.25, -0.2) is 19.0 Å². The van der Waals surface area contributed by atoms with Gasteiger partial charge in [-0.1, -0.05) is 6.07 Å². The molecule has 0 spiro atoms. The van der Waals surface area contributed by atoms with Crippen LogP contribution in [0.5, 0.6) is 0 Å². The molecule has 0 aromatic carbocycles. The number of rotatable bonds is 3. The van der Waals surface area contributed by atoms with Gasteiger partial charge in [0.25, 0.3) is 0 Å². The van der Waals surface area contributed by atoms with E-state index in [0.29, 0.717) is 5.52 Å². The smallest absolute Gasteiger partial charge is 0.339 e. The van der Waals surface area contributed by atoms with Gasteiger partial charge in [0.1, 0.15) is 16.0 Å². The predicted molar refractivity (Wildman–Crippen MR) is 88.6 cm³/mol. The summed E-state index contributed by atoms with van der Waals surface area (Å²) in [7, 11) is -5.31. The van der Waals surface area contributed by atoms with Crippen molar-refractivity contribution in [3.8, 4) is 6.07 Å². The summed E-state index contributed by atoms with van der Waals surface area (Å²) in [5, 5.41) is 9.80.